The van der Waals surface area contributed by atoms with E-state index in [1.165, 1.54) is 4.90 Å². The van der Waals surface area contributed by atoms with Crippen molar-refractivity contribution < 1.29 is 19.5 Å². The van der Waals surface area contributed by atoms with Gasteiger partial charge in [0.05, 0.1) is 6.42 Å². The Morgan fingerprint density at radius 2 is 1.95 bits per heavy atom. The normalized spacial score (nSPS) is 17.3. The third kappa shape index (κ3) is 3.63. The average Bonchev–Trinajstić information content (AvgIpc) is 3.01. The van der Waals surface area contributed by atoms with Crippen LogP contribution in [-0.2, 0) is 9.59 Å². The Balaban J connectivity index is 2.05. The molecule has 1 heterocycles. The Hall–Kier alpha value is -2.37. The highest BCUT2D eigenvalue weighted by Crippen LogP contribution is 2.21. The monoisotopic (exact) mass is 304 g/mol. The topological polar surface area (TPSA) is 77.9 Å². The highest BCUT2D eigenvalue weighted by atomic mass is 16.4. The zero-order valence-electron chi connectivity index (χ0n) is 12.6. The number of amides is 2. The maximum atomic E-state index is 12.5. The SMILES string of the molecule is CN(CCC(=O)O)C(=O)C1CCCN1C(=O)c1ccccc1. The molecular formula is C16H20N2O4. The number of nitrogens with zero attached hydrogens (tertiary/aromatic N) is 2. The zero-order chi connectivity index (χ0) is 16.1. The van der Waals surface area contributed by atoms with E-state index in [4.69, 9.17) is 5.11 Å². The smallest absolute Gasteiger partial charge is 0.305 e. The molecule has 0 aromatic heterocycles. The summed E-state index contributed by atoms with van der Waals surface area (Å²) >= 11 is 0. The number of carboxylic acids is 1. The lowest BCUT2D eigenvalue weighted by Gasteiger charge is -2.28. The van der Waals surface area contributed by atoms with Gasteiger partial charge < -0.3 is 14.9 Å². The number of benzene rings is 1. The van der Waals surface area contributed by atoms with Crippen LogP contribution in [0.4, 0.5) is 0 Å². The number of likely N-dealkylation sites (N-methyl/N-ethyl adjacent to an activating group) is 1. The standard InChI is InChI=1S/C16H20N2O4/c1-17(11-9-14(19)20)16(22)13-8-5-10-18(13)15(21)12-6-3-2-4-7-12/h2-4,6-7,13H,5,8-11H2,1H3,(H,19,20). The molecule has 1 aliphatic heterocycles. The van der Waals surface area contributed by atoms with Gasteiger partial charge in [-0.05, 0) is 25.0 Å². The summed E-state index contributed by atoms with van der Waals surface area (Å²) in [5.74, 6) is -1.28. The molecule has 0 aliphatic carbocycles. The van der Waals surface area contributed by atoms with E-state index < -0.39 is 12.0 Å². The molecule has 6 nitrogen and oxygen atoms in total. The van der Waals surface area contributed by atoms with Crippen molar-refractivity contribution in [2.24, 2.45) is 0 Å². The fourth-order valence-electron chi connectivity index (χ4n) is 2.64. The lowest BCUT2D eigenvalue weighted by molar-refractivity contribution is -0.139. The van der Waals surface area contributed by atoms with Crippen molar-refractivity contribution in [3.05, 3.63) is 35.9 Å². The first-order valence-corrected chi connectivity index (χ1v) is 7.33. The minimum absolute atomic E-state index is 0.0956. The van der Waals surface area contributed by atoms with Gasteiger partial charge in [-0.25, -0.2) is 0 Å². The van der Waals surface area contributed by atoms with Gasteiger partial charge in [0, 0.05) is 25.7 Å². The summed E-state index contributed by atoms with van der Waals surface area (Å²) < 4.78 is 0. The first-order valence-electron chi connectivity index (χ1n) is 7.33. The summed E-state index contributed by atoms with van der Waals surface area (Å²) in [4.78, 5) is 38.5. The number of hydrogen-bond acceptors (Lipinski definition) is 3. The minimum Gasteiger partial charge on any atom is -0.481 e. The first-order chi connectivity index (χ1) is 10.5. The van der Waals surface area contributed by atoms with Crippen LogP contribution in [0, 0.1) is 0 Å². The van der Waals surface area contributed by atoms with E-state index in [-0.39, 0.29) is 24.8 Å². The molecule has 1 atom stereocenters. The molecule has 1 unspecified atom stereocenters. The van der Waals surface area contributed by atoms with Gasteiger partial charge in [-0.1, -0.05) is 18.2 Å². The van der Waals surface area contributed by atoms with Gasteiger partial charge in [-0.3, -0.25) is 14.4 Å². The van der Waals surface area contributed by atoms with Crippen molar-refractivity contribution in [3.63, 3.8) is 0 Å². The maximum absolute atomic E-state index is 12.5. The molecular weight excluding hydrogens is 284 g/mol. The second-order valence-electron chi connectivity index (χ2n) is 5.43. The van der Waals surface area contributed by atoms with E-state index in [0.29, 0.717) is 18.5 Å². The van der Waals surface area contributed by atoms with Crippen LogP contribution in [0.5, 0.6) is 0 Å². The van der Waals surface area contributed by atoms with Crippen LogP contribution in [0.2, 0.25) is 0 Å². The van der Waals surface area contributed by atoms with Crippen LogP contribution in [0.15, 0.2) is 30.3 Å². The summed E-state index contributed by atoms with van der Waals surface area (Å²) in [5, 5.41) is 8.70. The molecule has 0 bridgehead atoms. The molecule has 1 saturated heterocycles. The predicted molar refractivity (Wildman–Crippen MR) is 80.4 cm³/mol. The molecule has 1 N–H and O–H groups in total. The number of hydrogen-bond donors (Lipinski definition) is 1. The molecule has 1 aromatic carbocycles. The van der Waals surface area contributed by atoms with Crippen LogP contribution in [-0.4, -0.2) is 58.9 Å². The van der Waals surface area contributed by atoms with Crippen LogP contribution in [0.1, 0.15) is 29.6 Å². The molecule has 0 radical (unpaired) electrons. The van der Waals surface area contributed by atoms with Gasteiger partial charge in [0.1, 0.15) is 6.04 Å². The maximum Gasteiger partial charge on any atom is 0.305 e. The number of carbonyl (C=O) groups is 3. The molecule has 0 spiro atoms. The third-order valence-corrected chi connectivity index (χ3v) is 3.86. The number of carboxylic acid groups (broad SMARTS) is 1. The van der Waals surface area contributed by atoms with E-state index in [1.807, 2.05) is 6.07 Å². The van der Waals surface area contributed by atoms with Crippen LogP contribution >= 0.6 is 0 Å². The first kappa shape index (κ1) is 16.0. The van der Waals surface area contributed by atoms with Crippen LogP contribution < -0.4 is 0 Å². The average molecular weight is 304 g/mol. The number of rotatable bonds is 5. The molecule has 0 saturated carbocycles. The number of carbonyl (C=O) groups excluding carboxylic acids is 2. The molecule has 2 rings (SSSR count). The van der Waals surface area contributed by atoms with Crippen molar-refractivity contribution in [3.8, 4) is 0 Å². The van der Waals surface area contributed by atoms with Crippen molar-refractivity contribution in [2.75, 3.05) is 20.1 Å². The van der Waals surface area contributed by atoms with Crippen molar-refractivity contribution in [1.29, 1.82) is 0 Å². The Bertz CT molecular complexity index is 559. The van der Waals surface area contributed by atoms with E-state index in [2.05, 4.69) is 0 Å². The van der Waals surface area contributed by atoms with E-state index in [9.17, 15) is 14.4 Å². The summed E-state index contributed by atoms with van der Waals surface area (Å²) in [6.45, 7) is 0.703. The van der Waals surface area contributed by atoms with E-state index in [1.54, 1.807) is 36.2 Å². The van der Waals surface area contributed by atoms with Gasteiger partial charge in [-0.2, -0.15) is 0 Å². The molecule has 1 fully saturated rings. The highest BCUT2D eigenvalue weighted by molar-refractivity contribution is 5.97. The van der Waals surface area contributed by atoms with Gasteiger partial charge in [0.25, 0.3) is 5.91 Å². The second-order valence-corrected chi connectivity index (χ2v) is 5.43. The lowest BCUT2D eigenvalue weighted by Crippen LogP contribution is -2.47. The zero-order valence-corrected chi connectivity index (χ0v) is 12.6. The number of aliphatic carboxylic acids is 1. The molecule has 1 aliphatic rings. The van der Waals surface area contributed by atoms with Crippen LogP contribution in [0.25, 0.3) is 0 Å². The summed E-state index contributed by atoms with van der Waals surface area (Å²) in [6, 6.07) is 8.39. The molecule has 118 valence electrons. The van der Waals surface area contributed by atoms with Gasteiger partial charge in [0.2, 0.25) is 5.91 Å². The lowest BCUT2D eigenvalue weighted by atomic mass is 10.1. The Kier molecular flexibility index (Phi) is 5.14. The summed E-state index contributed by atoms with van der Waals surface area (Å²) in [6.07, 6.45) is 1.30. The second kappa shape index (κ2) is 7.06. The fraction of sp³-hybridized carbons (Fsp3) is 0.438. The van der Waals surface area contributed by atoms with Crippen molar-refractivity contribution >= 4 is 17.8 Å². The largest absolute Gasteiger partial charge is 0.481 e. The summed E-state index contributed by atoms with van der Waals surface area (Å²) in [5.41, 5.74) is 0.565. The molecule has 1 aromatic rings. The van der Waals surface area contributed by atoms with E-state index >= 15 is 0 Å². The Labute approximate surface area is 129 Å². The highest BCUT2D eigenvalue weighted by Gasteiger charge is 2.35. The Morgan fingerprint density at radius 3 is 2.59 bits per heavy atom. The quantitative estimate of drug-likeness (QED) is 0.887. The summed E-state index contributed by atoms with van der Waals surface area (Å²) in [7, 11) is 1.58. The van der Waals surface area contributed by atoms with Gasteiger partial charge in [-0.15, -0.1) is 0 Å². The van der Waals surface area contributed by atoms with Crippen LogP contribution in [0.3, 0.4) is 0 Å². The fourth-order valence-corrected chi connectivity index (χ4v) is 2.64. The Morgan fingerprint density at radius 1 is 1.27 bits per heavy atom. The van der Waals surface area contributed by atoms with E-state index in [0.717, 1.165) is 6.42 Å². The minimum atomic E-state index is -0.941. The third-order valence-electron chi connectivity index (χ3n) is 3.86. The predicted octanol–water partition coefficient (Wildman–Crippen LogP) is 1.22. The van der Waals surface area contributed by atoms with Crippen molar-refractivity contribution in [2.45, 2.75) is 25.3 Å². The molecule has 6 heteroatoms. The van der Waals surface area contributed by atoms with Crippen molar-refractivity contribution in [1.82, 2.24) is 9.80 Å². The number of likely N-dealkylation sites (tertiary alicyclic amines) is 1. The van der Waals surface area contributed by atoms with Gasteiger partial charge in [0.15, 0.2) is 0 Å². The molecule has 2 amide bonds. The molecule has 22 heavy (non-hydrogen) atoms. The van der Waals surface area contributed by atoms with Gasteiger partial charge >= 0.3 is 5.97 Å².